The quantitative estimate of drug-likeness (QED) is 0.644. The number of carbonyl (C=O) groups is 1. The maximum atomic E-state index is 12.9. The van der Waals surface area contributed by atoms with E-state index >= 15 is 0 Å². The van der Waals surface area contributed by atoms with Gasteiger partial charge in [-0.05, 0) is 36.8 Å². The summed E-state index contributed by atoms with van der Waals surface area (Å²) in [6.45, 7) is 0.363. The van der Waals surface area contributed by atoms with Crippen LogP contribution in [0.2, 0.25) is 0 Å². The third kappa shape index (κ3) is 4.22. The second-order valence-electron chi connectivity index (χ2n) is 3.97. The Morgan fingerprint density at radius 2 is 2.21 bits per heavy atom. The summed E-state index contributed by atoms with van der Waals surface area (Å²) in [6.07, 6.45) is 3.07. The summed E-state index contributed by atoms with van der Waals surface area (Å²) < 4.78 is 18.1. The van der Waals surface area contributed by atoms with E-state index in [1.165, 1.54) is 18.2 Å². The van der Waals surface area contributed by atoms with Crippen molar-refractivity contribution in [3.8, 4) is 0 Å². The molecular formula is C14H14FNO3. The minimum atomic E-state index is -0.461. The molecule has 1 amide bonds. The van der Waals surface area contributed by atoms with Crippen LogP contribution in [0.25, 0.3) is 0 Å². The van der Waals surface area contributed by atoms with Crippen molar-refractivity contribution < 1.29 is 18.4 Å². The molecule has 5 heteroatoms. The second kappa shape index (κ2) is 6.70. The second-order valence-corrected chi connectivity index (χ2v) is 3.97. The van der Waals surface area contributed by atoms with Gasteiger partial charge in [-0.1, -0.05) is 6.07 Å². The van der Waals surface area contributed by atoms with Crippen molar-refractivity contribution in [2.75, 3.05) is 6.61 Å². The van der Waals surface area contributed by atoms with Gasteiger partial charge in [0.2, 0.25) is 0 Å². The van der Waals surface area contributed by atoms with Crippen molar-refractivity contribution in [1.29, 1.82) is 0 Å². The molecule has 0 radical (unpaired) electrons. The van der Waals surface area contributed by atoms with Gasteiger partial charge in [0.1, 0.15) is 11.6 Å². The molecule has 1 aromatic carbocycles. The summed E-state index contributed by atoms with van der Waals surface area (Å²) in [5.41, 5.74) is 2.50. The number of hydroxylamine groups is 1. The first-order chi connectivity index (χ1) is 9.25. The molecule has 100 valence electrons. The lowest BCUT2D eigenvalue weighted by Crippen LogP contribution is -2.24. The Kier molecular flexibility index (Phi) is 4.69. The van der Waals surface area contributed by atoms with E-state index in [-0.39, 0.29) is 5.56 Å². The molecule has 19 heavy (non-hydrogen) atoms. The normalized spacial score (nSPS) is 10.4. The first kappa shape index (κ1) is 13.3. The number of furan rings is 1. The predicted molar refractivity (Wildman–Crippen MR) is 66.8 cm³/mol. The lowest BCUT2D eigenvalue weighted by molar-refractivity contribution is 0.0301. The summed E-state index contributed by atoms with van der Waals surface area (Å²) in [7, 11) is 0. The minimum Gasteiger partial charge on any atom is -0.469 e. The van der Waals surface area contributed by atoms with E-state index < -0.39 is 11.7 Å². The number of amides is 1. The highest BCUT2D eigenvalue weighted by molar-refractivity contribution is 5.93. The number of halogens is 1. The van der Waals surface area contributed by atoms with E-state index in [4.69, 9.17) is 9.25 Å². The highest BCUT2D eigenvalue weighted by atomic mass is 19.1. The van der Waals surface area contributed by atoms with Crippen LogP contribution in [0.1, 0.15) is 22.5 Å². The van der Waals surface area contributed by atoms with Crippen LogP contribution in [0.3, 0.4) is 0 Å². The van der Waals surface area contributed by atoms with Gasteiger partial charge in [0, 0.05) is 12.0 Å². The fraction of sp³-hybridized carbons (Fsp3) is 0.214. The van der Waals surface area contributed by atoms with Gasteiger partial charge in [-0.3, -0.25) is 9.63 Å². The zero-order chi connectivity index (χ0) is 13.5. The van der Waals surface area contributed by atoms with Crippen LogP contribution in [0, 0.1) is 5.82 Å². The van der Waals surface area contributed by atoms with Gasteiger partial charge in [-0.25, -0.2) is 9.87 Å². The van der Waals surface area contributed by atoms with Crippen LogP contribution >= 0.6 is 0 Å². The number of rotatable bonds is 6. The number of hydrogen-bond donors (Lipinski definition) is 1. The third-order valence-electron chi connectivity index (χ3n) is 2.50. The van der Waals surface area contributed by atoms with Crippen LogP contribution in [-0.4, -0.2) is 12.5 Å². The van der Waals surface area contributed by atoms with Gasteiger partial charge in [-0.15, -0.1) is 0 Å². The van der Waals surface area contributed by atoms with Crippen molar-refractivity contribution in [3.05, 3.63) is 59.8 Å². The maximum absolute atomic E-state index is 12.9. The van der Waals surface area contributed by atoms with Crippen LogP contribution in [0.4, 0.5) is 4.39 Å². The van der Waals surface area contributed by atoms with Gasteiger partial charge in [0.05, 0.1) is 12.9 Å². The molecule has 1 heterocycles. The van der Waals surface area contributed by atoms with Crippen molar-refractivity contribution in [2.24, 2.45) is 0 Å². The Balaban J connectivity index is 1.67. The molecule has 0 aliphatic rings. The molecule has 0 atom stereocenters. The van der Waals surface area contributed by atoms with Gasteiger partial charge in [0.25, 0.3) is 5.91 Å². The molecule has 0 fully saturated rings. The molecule has 0 unspecified atom stereocenters. The first-order valence-corrected chi connectivity index (χ1v) is 5.96. The number of carbonyl (C=O) groups excluding carboxylic acids is 1. The average Bonchev–Trinajstić information content (AvgIpc) is 2.91. The molecule has 0 bridgehead atoms. The first-order valence-electron chi connectivity index (χ1n) is 5.96. The molecule has 2 rings (SSSR count). The molecule has 0 spiro atoms. The lowest BCUT2D eigenvalue weighted by atomic mass is 10.2. The molecule has 0 saturated heterocycles. The van der Waals surface area contributed by atoms with Gasteiger partial charge < -0.3 is 4.42 Å². The van der Waals surface area contributed by atoms with Crippen molar-refractivity contribution >= 4 is 5.91 Å². The number of aryl methyl sites for hydroxylation is 1. The predicted octanol–water partition coefficient (Wildman–Crippen LogP) is 2.71. The van der Waals surface area contributed by atoms with Crippen molar-refractivity contribution in [1.82, 2.24) is 5.48 Å². The SMILES string of the molecule is O=C(NOCCCc1ccco1)c1cccc(F)c1. The molecule has 1 aromatic heterocycles. The van der Waals surface area contributed by atoms with Crippen LogP contribution in [-0.2, 0) is 11.3 Å². The van der Waals surface area contributed by atoms with Crippen LogP contribution < -0.4 is 5.48 Å². The largest absolute Gasteiger partial charge is 0.469 e. The van der Waals surface area contributed by atoms with Crippen LogP contribution in [0.15, 0.2) is 47.1 Å². The Morgan fingerprint density at radius 3 is 2.95 bits per heavy atom. The van der Waals surface area contributed by atoms with Gasteiger partial charge in [-0.2, -0.15) is 0 Å². The Labute approximate surface area is 110 Å². The topological polar surface area (TPSA) is 51.5 Å². The fourth-order valence-electron chi connectivity index (χ4n) is 1.58. The van der Waals surface area contributed by atoms with E-state index in [0.29, 0.717) is 6.61 Å². The summed E-state index contributed by atoms with van der Waals surface area (Å²) in [5.74, 6) is -0.0389. The third-order valence-corrected chi connectivity index (χ3v) is 2.50. The fourth-order valence-corrected chi connectivity index (χ4v) is 1.58. The molecule has 0 aliphatic heterocycles. The van der Waals surface area contributed by atoms with Crippen molar-refractivity contribution in [2.45, 2.75) is 12.8 Å². The summed E-state index contributed by atoms with van der Waals surface area (Å²) in [6, 6.07) is 9.13. The molecule has 0 saturated carbocycles. The summed E-state index contributed by atoms with van der Waals surface area (Å²) in [4.78, 5) is 16.6. The van der Waals surface area contributed by atoms with E-state index in [0.717, 1.165) is 24.7 Å². The monoisotopic (exact) mass is 263 g/mol. The van der Waals surface area contributed by atoms with Crippen LogP contribution in [0.5, 0.6) is 0 Å². The average molecular weight is 263 g/mol. The Morgan fingerprint density at radius 1 is 1.32 bits per heavy atom. The standard InChI is InChI=1S/C14H14FNO3/c15-12-5-1-4-11(10-12)14(17)16-19-9-3-7-13-6-2-8-18-13/h1-2,4-6,8,10H,3,7,9H2,(H,16,17). The zero-order valence-corrected chi connectivity index (χ0v) is 10.3. The molecule has 0 aliphatic carbocycles. The minimum absolute atomic E-state index is 0.228. The number of nitrogens with one attached hydrogen (secondary N) is 1. The van der Waals surface area contributed by atoms with E-state index in [1.807, 2.05) is 12.1 Å². The van der Waals surface area contributed by atoms with Gasteiger partial charge >= 0.3 is 0 Å². The molecular weight excluding hydrogens is 249 g/mol. The molecule has 2 aromatic rings. The van der Waals surface area contributed by atoms with E-state index in [2.05, 4.69) is 5.48 Å². The number of benzene rings is 1. The highest BCUT2D eigenvalue weighted by Crippen LogP contribution is 2.04. The number of hydrogen-bond acceptors (Lipinski definition) is 3. The van der Waals surface area contributed by atoms with Crippen molar-refractivity contribution in [3.63, 3.8) is 0 Å². The molecule has 1 N–H and O–H groups in total. The van der Waals surface area contributed by atoms with E-state index in [1.54, 1.807) is 6.26 Å². The van der Waals surface area contributed by atoms with Gasteiger partial charge in [0.15, 0.2) is 0 Å². The summed E-state index contributed by atoms with van der Waals surface area (Å²) in [5, 5.41) is 0. The van der Waals surface area contributed by atoms with E-state index in [9.17, 15) is 9.18 Å². The summed E-state index contributed by atoms with van der Waals surface area (Å²) >= 11 is 0. The Bertz CT molecular complexity index is 525. The Hall–Kier alpha value is -2.14. The lowest BCUT2D eigenvalue weighted by Gasteiger charge is -2.05. The smallest absolute Gasteiger partial charge is 0.274 e. The maximum Gasteiger partial charge on any atom is 0.274 e. The molecule has 4 nitrogen and oxygen atoms in total. The highest BCUT2D eigenvalue weighted by Gasteiger charge is 2.05. The zero-order valence-electron chi connectivity index (χ0n) is 10.3.